The third-order valence-corrected chi connectivity index (χ3v) is 5.38. The predicted molar refractivity (Wildman–Crippen MR) is 189 cm³/mol. The van der Waals surface area contributed by atoms with Gasteiger partial charge in [-0.15, -0.1) is 0 Å². The molecular weight excluding hydrogens is 868 g/mol. The Morgan fingerprint density at radius 3 is 0.177 bits per heavy atom. The average Bonchev–Trinajstić information content (AvgIpc) is 3.03. The highest BCUT2D eigenvalue weighted by molar-refractivity contribution is 4.50. The van der Waals surface area contributed by atoms with Gasteiger partial charge in [-0.2, -0.15) is 0 Å². The molecule has 64 N–H and O–H groups in total. The monoisotopic (exact) mass is 933 g/mol. The first-order chi connectivity index (χ1) is 28.1. The van der Waals surface area contributed by atoms with Gasteiger partial charge in [0.2, 0.25) is 0 Å². The zero-order chi connectivity index (χ0) is 49.3. The molecule has 62 heteroatoms. The van der Waals surface area contributed by atoms with Crippen molar-refractivity contribution in [1.82, 2.24) is 157 Å². The van der Waals surface area contributed by atoms with Crippen molar-refractivity contribution >= 4 is 0 Å². The second-order valence-corrected chi connectivity index (χ2v) is 9.84. The standard InChI is InChI=1S/H64N62/c1-33(2)49(34(3)4)57(50(35(5)6)36(7)8)61(58(51(37(9)10)38(11)12)52(39(13)14)40(15)16)62(59(53(41(17)18)42(19)20)54(43(21)22)44(23)24)60(55(45(25)26)46(27)28)56(47(29)30)48(31)32/h1-32H2. The second-order valence-electron chi connectivity index (χ2n) is 9.84. The van der Waals surface area contributed by atoms with Crippen LogP contribution in [0.25, 0.3) is 0 Å². The van der Waals surface area contributed by atoms with Crippen LogP contribution in [0, 0.1) is 0 Å². The molecule has 0 radical (unpaired) electrons. The Morgan fingerprint density at radius 1 is 0.0806 bits per heavy atom. The predicted octanol–water partition coefficient (Wildman–Crippen LogP) is -28.5. The van der Waals surface area contributed by atoms with Gasteiger partial charge in [-0.05, 0) is 73.2 Å². The largest absolute Gasteiger partial charge is 0.238 e. The highest BCUT2D eigenvalue weighted by Crippen LogP contribution is 2.28. The first-order valence-corrected chi connectivity index (χ1v) is 14.1. The van der Waals surface area contributed by atoms with Gasteiger partial charge in [0, 0.05) is 0 Å². The fourth-order valence-corrected chi connectivity index (χ4v) is 3.72. The Hall–Kier alpha value is -2.48. The smallest absolute Gasteiger partial charge is 0.0000266 e. The van der Waals surface area contributed by atoms with E-state index in [1.165, 1.54) is 0 Å². The fraction of sp³-hybridized carbons (Fsp3) is 0. The van der Waals surface area contributed by atoms with Gasteiger partial charge in [-0.3, -0.25) is 0 Å². The molecule has 0 aliphatic rings. The minimum Gasteiger partial charge on any atom is -0.238 e. The molecule has 0 atom stereocenters. The van der Waals surface area contributed by atoms with Crippen molar-refractivity contribution in [1.29, 1.82) is 0 Å². The Balaban J connectivity index is 10.9. The van der Waals surface area contributed by atoms with Gasteiger partial charge in [0.05, 0.1) is 0 Å². The normalized spacial score (nSPS) is 14.6. The summed E-state index contributed by atoms with van der Waals surface area (Å²) in [6.45, 7) is 0. The van der Waals surface area contributed by atoms with Gasteiger partial charge < -0.3 is 0 Å². The molecule has 0 aliphatic carbocycles. The number of rotatable bonds is 29. The summed E-state index contributed by atoms with van der Waals surface area (Å²) in [5.41, 5.74) is 0. The zero-order valence-corrected chi connectivity index (χ0v) is 31.9. The lowest BCUT2D eigenvalue weighted by Gasteiger charge is -2.62. The minimum atomic E-state index is -0.169. The lowest BCUT2D eigenvalue weighted by atomic mass is 11.4. The third kappa shape index (κ3) is 14.3. The van der Waals surface area contributed by atoms with E-state index in [0.717, 1.165) is 0 Å². The molecule has 0 rings (SSSR count). The van der Waals surface area contributed by atoms with Gasteiger partial charge in [-0.1, -0.05) is 83.6 Å². The molecule has 374 valence electrons. The maximum atomic E-state index is 5.97. The molecule has 0 unspecified atom stereocenters. The van der Waals surface area contributed by atoms with E-state index in [9.17, 15) is 0 Å². The molecule has 0 fully saturated rings. The van der Waals surface area contributed by atoms with E-state index >= 15 is 0 Å². The second kappa shape index (κ2) is 25.3. The topological polar surface area (TPSA) is 930 Å². The summed E-state index contributed by atoms with van der Waals surface area (Å²) in [5.74, 6) is 191. The molecule has 0 bridgehead atoms. The number of nitrogens with two attached hydrogens (primary N) is 32. The van der Waals surface area contributed by atoms with Gasteiger partial charge in [-0.25, -0.2) is 187 Å². The van der Waals surface area contributed by atoms with Crippen molar-refractivity contribution in [3.05, 3.63) is 0 Å². The lowest BCUT2D eigenvalue weighted by Crippen LogP contribution is -2.96. The molecule has 0 aromatic rings. The van der Waals surface area contributed by atoms with Crippen LogP contribution in [0.4, 0.5) is 0 Å². The van der Waals surface area contributed by atoms with Gasteiger partial charge in [0.1, 0.15) is 0 Å². The lowest BCUT2D eigenvalue weighted by molar-refractivity contribution is -0.736. The molecule has 0 saturated heterocycles. The fourth-order valence-electron chi connectivity index (χ4n) is 3.72. The van der Waals surface area contributed by atoms with E-state index in [0.29, 0.717) is 0 Å². The van der Waals surface area contributed by atoms with Crippen molar-refractivity contribution < 1.29 is 0 Å². The molecule has 62 heavy (non-hydrogen) atoms. The molecule has 0 spiro atoms. The molecule has 62 nitrogen and oxygen atoms in total. The molecule has 0 aromatic heterocycles. The van der Waals surface area contributed by atoms with Crippen LogP contribution in [0.3, 0.4) is 0 Å². The maximum Gasteiger partial charge on any atom is -0.0000266 e. The van der Waals surface area contributed by atoms with E-state index < -0.39 is 0 Å². The van der Waals surface area contributed by atoms with E-state index in [1.54, 1.807) is 0 Å². The van der Waals surface area contributed by atoms with Crippen molar-refractivity contribution in [3.63, 3.8) is 0 Å². The molecule has 0 heterocycles. The Labute approximate surface area is 344 Å². The van der Waals surface area contributed by atoms with Crippen LogP contribution in [-0.4, -0.2) is 157 Å². The Bertz CT molecular complexity index is 815. The molecular formula is H64N62. The molecule has 0 saturated carbocycles. The summed E-state index contributed by atoms with van der Waals surface area (Å²) in [6, 6.07) is 0. The van der Waals surface area contributed by atoms with Gasteiger partial charge in [0.15, 0.2) is 0 Å². The van der Waals surface area contributed by atoms with Crippen LogP contribution in [0.5, 0.6) is 0 Å². The first-order valence-electron chi connectivity index (χ1n) is 14.1. The quantitative estimate of drug-likeness (QED) is 0.0245. The number of hydrogen-bond donors (Lipinski definition) is 32. The van der Waals surface area contributed by atoms with Crippen molar-refractivity contribution in [2.45, 2.75) is 0 Å². The summed E-state index contributed by atoms with van der Waals surface area (Å²) in [6.07, 6.45) is 0. The molecule has 0 aromatic carbocycles. The first kappa shape index (κ1) is 59.5. The molecule has 0 amide bonds. The van der Waals surface area contributed by atoms with Crippen LogP contribution in [-0.2, 0) is 0 Å². The number of hydrogen-bond acceptors (Lipinski definition) is 62. The summed E-state index contributed by atoms with van der Waals surface area (Å²) >= 11 is 0. The highest BCUT2D eigenvalue weighted by atomic mass is 16.6. The van der Waals surface area contributed by atoms with E-state index in [-0.39, 0.29) is 157 Å². The summed E-state index contributed by atoms with van der Waals surface area (Å²) in [4.78, 5) is 0. The van der Waals surface area contributed by atoms with Crippen LogP contribution in [0.2, 0.25) is 0 Å². The highest BCUT2D eigenvalue weighted by Gasteiger charge is 2.60. The SMILES string of the molecule is NN(N)N(N(N)N)N(N(N(N)N)N(N)N)N(N(N(N(N)N)N(N)N)N(N(N)N)N(N)N)N(N(N(N(N)N)N(N)N)N(N(N)N)N(N)N)N(N(N(N)N)N(N)N)N(N(N)N)N(N)N. The van der Waals surface area contributed by atoms with Crippen LogP contribution >= 0.6 is 0 Å². The van der Waals surface area contributed by atoms with Crippen LogP contribution < -0.4 is 187 Å². The maximum absolute atomic E-state index is 5.97. The van der Waals surface area contributed by atoms with E-state index in [4.69, 9.17) is 187 Å². The molecule has 0 aliphatic heterocycles. The number of nitrogens with zero attached hydrogens (tertiary/aromatic N) is 30. The minimum absolute atomic E-state index is 0.0354. The Kier molecular flexibility index (Phi) is 24.3. The summed E-state index contributed by atoms with van der Waals surface area (Å²) in [7, 11) is 0. The van der Waals surface area contributed by atoms with Crippen molar-refractivity contribution in [2.75, 3.05) is 0 Å². The van der Waals surface area contributed by atoms with Crippen LogP contribution in [0.1, 0.15) is 0 Å². The van der Waals surface area contributed by atoms with E-state index in [1.807, 2.05) is 0 Å². The third-order valence-electron chi connectivity index (χ3n) is 5.38. The van der Waals surface area contributed by atoms with Gasteiger partial charge >= 0.3 is 0 Å². The van der Waals surface area contributed by atoms with Gasteiger partial charge in [0.25, 0.3) is 0 Å². The Morgan fingerprint density at radius 2 is 0.129 bits per heavy atom. The summed E-state index contributed by atoms with van der Waals surface area (Å²) in [5, 5.41) is -2.89. The van der Waals surface area contributed by atoms with Crippen molar-refractivity contribution in [3.8, 4) is 0 Å². The van der Waals surface area contributed by atoms with Crippen LogP contribution in [0.15, 0.2) is 0 Å². The number of hydrazine groups is 61. The average molecular weight is 933 g/mol. The van der Waals surface area contributed by atoms with Crippen molar-refractivity contribution in [2.24, 2.45) is 187 Å². The zero-order valence-electron chi connectivity index (χ0n) is 31.9. The van der Waals surface area contributed by atoms with E-state index in [2.05, 4.69) is 0 Å². The summed E-state index contributed by atoms with van der Waals surface area (Å²) < 4.78 is 0.